The van der Waals surface area contributed by atoms with Gasteiger partial charge in [0, 0.05) is 22.6 Å². The van der Waals surface area contributed by atoms with E-state index >= 15 is 0 Å². The first kappa shape index (κ1) is 23.6. The molecule has 0 unspecified atom stereocenters. The van der Waals surface area contributed by atoms with Gasteiger partial charge in [0.1, 0.15) is 0 Å². The van der Waals surface area contributed by atoms with Gasteiger partial charge in [-0.1, -0.05) is 39.8 Å². The molecule has 3 aromatic rings. The molecule has 9 nitrogen and oxygen atoms in total. The fourth-order valence-corrected chi connectivity index (χ4v) is 3.78. The topological polar surface area (TPSA) is 99.9 Å². The second kappa shape index (κ2) is 11.0. The number of nitrogens with zero attached hydrogens (tertiary/aromatic N) is 4. The SMILES string of the molecule is COc1cc(/C=N\NC(=O)CSc2nnc(-c3ccc(Br)cc3)n2C)cc(OC)c1OC. The molecule has 1 heterocycles. The molecule has 0 radical (unpaired) electrons. The lowest BCUT2D eigenvalue weighted by Crippen LogP contribution is -2.19. The Bertz CT molecular complexity index is 1090. The Balaban J connectivity index is 1.59. The van der Waals surface area contributed by atoms with Crippen LogP contribution < -0.4 is 19.6 Å². The van der Waals surface area contributed by atoms with Crippen LogP contribution in [-0.2, 0) is 11.8 Å². The largest absolute Gasteiger partial charge is 0.493 e. The Kier molecular flexibility index (Phi) is 8.12. The van der Waals surface area contributed by atoms with Crippen LogP contribution >= 0.6 is 27.7 Å². The van der Waals surface area contributed by atoms with E-state index in [1.165, 1.54) is 39.3 Å². The highest BCUT2D eigenvalue weighted by Crippen LogP contribution is 2.37. The summed E-state index contributed by atoms with van der Waals surface area (Å²) >= 11 is 4.69. The molecule has 0 atom stereocenters. The van der Waals surface area contributed by atoms with Crippen LogP contribution in [0.5, 0.6) is 17.2 Å². The standard InChI is InChI=1S/C21H22BrN5O4S/c1-27-20(14-5-7-15(22)8-6-14)25-26-21(27)32-12-18(28)24-23-11-13-9-16(29-2)19(31-4)17(10-13)30-3/h5-11H,12H2,1-4H3,(H,24,28)/b23-11-. The minimum atomic E-state index is -0.271. The van der Waals surface area contributed by atoms with Crippen LogP contribution in [0.4, 0.5) is 0 Å². The van der Waals surface area contributed by atoms with Crippen molar-refractivity contribution < 1.29 is 19.0 Å². The molecule has 1 N–H and O–H groups in total. The third-order valence-electron chi connectivity index (χ3n) is 4.36. The molecular weight excluding hydrogens is 498 g/mol. The van der Waals surface area contributed by atoms with Gasteiger partial charge in [-0.2, -0.15) is 5.10 Å². The first-order valence-corrected chi connectivity index (χ1v) is 11.1. The van der Waals surface area contributed by atoms with Crippen LogP contribution in [0.2, 0.25) is 0 Å². The molecule has 0 saturated heterocycles. The quantitative estimate of drug-likeness (QED) is 0.262. The maximum absolute atomic E-state index is 12.2. The van der Waals surface area contributed by atoms with Gasteiger partial charge in [-0.25, -0.2) is 5.43 Å². The average Bonchev–Trinajstić information content (AvgIpc) is 3.17. The van der Waals surface area contributed by atoms with Crippen LogP contribution in [0.3, 0.4) is 0 Å². The maximum atomic E-state index is 12.2. The van der Waals surface area contributed by atoms with Crippen LogP contribution in [-0.4, -0.2) is 54.0 Å². The van der Waals surface area contributed by atoms with Gasteiger partial charge in [-0.05, 0) is 24.3 Å². The number of thioether (sulfide) groups is 1. The van der Waals surface area contributed by atoms with E-state index < -0.39 is 0 Å². The lowest BCUT2D eigenvalue weighted by Gasteiger charge is -2.12. The number of hydrogen-bond acceptors (Lipinski definition) is 8. The number of nitrogens with one attached hydrogen (secondary N) is 1. The summed E-state index contributed by atoms with van der Waals surface area (Å²) in [6.45, 7) is 0. The fraction of sp³-hybridized carbons (Fsp3) is 0.238. The summed E-state index contributed by atoms with van der Waals surface area (Å²) in [4.78, 5) is 12.2. The summed E-state index contributed by atoms with van der Waals surface area (Å²) < 4.78 is 18.7. The number of carbonyl (C=O) groups excluding carboxylic acids is 1. The normalized spacial score (nSPS) is 10.9. The van der Waals surface area contributed by atoms with Crippen molar-refractivity contribution >= 4 is 39.8 Å². The highest BCUT2D eigenvalue weighted by molar-refractivity contribution is 9.10. The number of hydrazone groups is 1. The number of benzene rings is 2. The van der Waals surface area contributed by atoms with Crippen molar-refractivity contribution in [3.05, 3.63) is 46.4 Å². The molecule has 1 aromatic heterocycles. The first-order valence-electron chi connectivity index (χ1n) is 9.36. The third-order valence-corrected chi connectivity index (χ3v) is 5.91. The maximum Gasteiger partial charge on any atom is 0.250 e. The molecule has 3 rings (SSSR count). The Hall–Kier alpha value is -3.05. The molecule has 1 amide bonds. The van der Waals surface area contributed by atoms with Crippen molar-refractivity contribution in [2.45, 2.75) is 5.16 Å². The van der Waals surface area contributed by atoms with Gasteiger partial charge in [0.25, 0.3) is 5.91 Å². The van der Waals surface area contributed by atoms with Crippen molar-refractivity contribution in [2.24, 2.45) is 12.1 Å². The molecule has 11 heteroatoms. The van der Waals surface area contributed by atoms with Gasteiger partial charge in [0.15, 0.2) is 22.5 Å². The minimum Gasteiger partial charge on any atom is -0.493 e. The molecule has 0 spiro atoms. The Morgan fingerprint density at radius 1 is 1.12 bits per heavy atom. The zero-order chi connectivity index (χ0) is 23.1. The molecule has 32 heavy (non-hydrogen) atoms. The monoisotopic (exact) mass is 519 g/mol. The summed E-state index contributed by atoms with van der Waals surface area (Å²) in [7, 11) is 6.46. The van der Waals surface area contributed by atoms with Crippen LogP contribution in [0.25, 0.3) is 11.4 Å². The number of halogens is 1. The number of aromatic nitrogens is 3. The molecule has 0 aliphatic heterocycles. The zero-order valence-electron chi connectivity index (χ0n) is 18.0. The van der Waals surface area contributed by atoms with Crippen molar-refractivity contribution in [1.82, 2.24) is 20.2 Å². The first-order chi connectivity index (χ1) is 15.5. The van der Waals surface area contributed by atoms with E-state index in [0.29, 0.717) is 28.0 Å². The van der Waals surface area contributed by atoms with Crippen LogP contribution in [0.15, 0.2) is 51.1 Å². The Morgan fingerprint density at radius 3 is 2.38 bits per heavy atom. The molecule has 0 fully saturated rings. The van der Waals surface area contributed by atoms with E-state index in [1.54, 1.807) is 12.1 Å². The highest BCUT2D eigenvalue weighted by atomic mass is 79.9. The second-order valence-corrected chi connectivity index (χ2v) is 8.27. The number of rotatable bonds is 9. The Morgan fingerprint density at radius 2 is 1.78 bits per heavy atom. The molecule has 0 aliphatic carbocycles. The van der Waals surface area contributed by atoms with Crippen LogP contribution in [0.1, 0.15) is 5.56 Å². The molecule has 0 bridgehead atoms. The van der Waals surface area contributed by atoms with Crippen LogP contribution in [0, 0.1) is 0 Å². The smallest absolute Gasteiger partial charge is 0.250 e. The summed E-state index contributed by atoms with van der Waals surface area (Å²) in [5, 5.41) is 13.0. The number of carbonyl (C=O) groups is 1. The van der Waals surface area contributed by atoms with Crippen molar-refractivity contribution in [2.75, 3.05) is 27.1 Å². The fourth-order valence-electron chi connectivity index (χ4n) is 2.81. The van der Waals surface area contributed by atoms with Gasteiger partial charge in [-0.3, -0.25) is 4.79 Å². The predicted molar refractivity (Wildman–Crippen MR) is 127 cm³/mol. The average molecular weight is 520 g/mol. The second-order valence-electron chi connectivity index (χ2n) is 6.41. The third kappa shape index (κ3) is 5.60. The number of ether oxygens (including phenoxy) is 3. The summed E-state index contributed by atoms with van der Waals surface area (Å²) in [6, 6.07) is 11.2. The zero-order valence-corrected chi connectivity index (χ0v) is 20.4. The van der Waals surface area contributed by atoms with E-state index in [2.05, 4.69) is 36.7 Å². The number of amides is 1. The molecule has 2 aromatic carbocycles. The molecule has 0 saturated carbocycles. The lowest BCUT2D eigenvalue weighted by atomic mass is 10.2. The van der Waals surface area contributed by atoms with E-state index in [9.17, 15) is 4.79 Å². The lowest BCUT2D eigenvalue weighted by molar-refractivity contribution is -0.118. The van der Waals surface area contributed by atoms with Gasteiger partial charge in [-0.15, -0.1) is 10.2 Å². The summed E-state index contributed by atoms with van der Waals surface area (Å²) in [5.41, 5.74) is 4.12. The van der Waals surface area contributed by atoms with Crippen molar-refractivity contribution in [3.63, 3.8) is 0 Å². The summed E-state index contributed by atoms with van der Waals surface area (Å²) in [6.07, 6.45) is 1.50. The van der Waals surface area contributed by atoms with E-state index in [0.717, 1.165) is 15.9 Å². The van der Waals surface area contributed by atoms with Gasteiger partial charge in [0.05, 0.1) is 33.3 Å². The highest BCUT2D eigenvalue weighted by Gasteiger charge is 2.14. The van der Waals surface area contributed by atoms with Gasteiger partial charge >= 0.3 is 0 Å². The predicted octanol–water partition coefficient (Wildman–Crippen LogP) is 3.51. The Labute approximate surface area is 198 Å². The summed E-state index contributed by atoms with van der Waals surface area (Å²) in [5.74, 6) is 2.07. The van der Waals surface area contributed by atoms with E-state index in [1.807, 2.05) is 35.9 Å². The van der Waals surface area contributed by atoms with Gasteiger partial charge < -0.3 is 18.8 Å². The van der Waals surface area contributed by atoms with E-state index in [-0.39, 0.29) is 11.7 Å². The van der Waals surface area contributed by atoms with E-state index in [4.69, 9.17) is 14.2 Å². The van der Waals surface area contributed by atoms with Gasteiger partial charge in [0.2, 0.25) is 5.75 Å². The molecule has 0 aliphatic rings. The molecule has 168 valence electrons. The number of methoxy groups -OCH3 is 3. The minimum absolute atomic E-state index is 0.138. The number of hydrogen-bond donors (Lipinski definition) is 1. The molecular formula is C21H22BrN5O4S. The van der Waals surface area contributed by atoms with Crippen molar-refractivity contribution in [3.8, 4) is 28.6 Å². The van der Waals surface area contributed by atoms with Crippen molar-refractivity contribution in [1.29, 1.82) is 0 Å².